The molecule has 0 aliphatic carbocycles. The number of carboxylic acids is 1. The Morgan fingerprint density at radius 2 is 1.46 bits per heavy atom. The third kappa shape index (κ3) is 14.7. The van der Waals surface area contributed by atoms with Gasteiger partial charge in [-0.05, 0) is 123 Å². The Kier molecular flexibility index (Phi) is 20.9. The molecule has 15 nitrogen and oxygen atoms in total. The first kappa shape index (κ1) is 61.3. The van der Waals surface area contributed by atoms with E-state index in [1.807, 2.05) is 28.2 Å². The molecule has 0 unspecified atom stereocenters. The van der Waals surface area contributed by atoms with Gasteiger partial charge in [-0.15, -0.1) is 11.8 Å². The van der Waals surface area contributed by atoms with Crippen LogP contribution in [0.25, 0.3) is 22.4 Å². The fourth-order valence-corrected chi connectivity index (χ4v) is 12.0. The first-order valence-electron chi connectivity index (χ1n) is 22.1. The third-order valence-corrected chi connectivity index (χ3v) is 16.6. The quantitative estimate of drug-likeness (QED) is 0.0459. The van der Waals surface area contributed by atoms with E-state index in [2.05, 4.69) is 14.6 Å². The van der Waals surface area contributed by atoms with Crippen molar-refractivity contribution < 1.29 is 122 Å². The Morgan fingerprint density at radius 1 is 0.851 bits per heavy atom. The van der Waals surface area contributed by atoms with Gasteiger partial charge in [-0.25, -0.2) is 26.0 Å². The molecule has 2 heterocycles. The predicted molar refractivity (Wildman–Crippen MR) is 266 cm³/mol. The molecule has 0 radical (unpaired) electrons. The second-order valence-electron chi connectivity index (χ2n) is 16.9. The average Bonchev–Trinajstić information content (AvgIpc) is 3.63. The monoisotopic (exact) mass is 1140 g/mol. The van der Waals surface area contributed by atoms with E-state index in [0.29, 0.717) is 81.6 Å². The van der Waals surface area contributed by atoms with Crippen molar-refractivity contribution >= 4 is 79.8 Å². The molecule has 3 N–H and O–H groups in total. The number of phosphoric acid groups is 1. The summed E-state index contributed by atoms with van der Waals surface area (Å²) >= 11 is 7.39. The number of benzene rings is 5. The molecule has 1 atom stereocenters. The number of rotatable bonds is 19. The number of carbonyl (C=O) groups is 1. The standard InChI is InChI=1S/C48H49ClF4N5O10PS3.2Na/c1-30(2)58-31(3)44(47(59)60)45(46(58)32-9-11-34(49)12-10-32)33-25-35(50)27-39(26-33)57-22-20-56(21-23-57)38-15-13-36(14-16-38)55-72(66,67)41-17-18-42(43(28-41)71(64,65)48(51,52)53)54-37(19-24-68-69(61,62)63)29-70-40-7-5-4-6-8-40;;/h4-18,25-28,30,37,54-55H,19-24,29H2,1-3H3,(H,59,60)(H2,61,62,63);;/q;2*+1/p-2/t37-;;/m1../s1. The van der Waals surface area contributed by atoms with Gasteiger partial charge >= 0.3 is 70.6 Å². The van der Waals surface area contributed by atoms with Crippen LogP contribution in [-0.4, -0.2) is 82.6 Å². The topological polar surface area (TPSA) is 213 Å². The zero-order valence-corrected chi connectivity index (χ0v) is 48.7. The number of nitrogens with zero attached hydrogens (tertiary/aromatic N) is 3. The van der Waals surface area contributed by atoms with Crippen LogP contribution >= 0.6 is 31.2 Å². The van der Waals surface area contributed by atoms with Crippen LogP contribution in [0.15, 0.2) is 130 Å². The summed E-state index contributed by atoms with van der Waals surface area (Å²) in [7, 11) is -16.3. The fraction of sp³-hybridized carbons (Fsp3) is 0.271. The van der Waals surface area contributed by atoms with Crippen LogP contribution in [0.2, 0.25) is 5.02 Å². The number of nitrogens with one attached hydrogen (secondary N) is 2. The summed E-state index contributed by atoms with van der Waals surface area (Å²) in [5.74, 6) is -1.70. The normalized spacial score (nSPS) is 13.8. The first-order valence-corrected chi connectivity index (χ1v) is 27.9. The number of piperazine rings is 1. The van der Waals surface area contributed by atoms with Crippen LogP contribution in [-0.2, 0) is 28.9 Å². The van der Waals surface area contributed by atoms with E-state index in [0.717, 1.165) is 12.1 Å². The van der Waals surface area contributed by atoms with Crippen LogP contribution < -0.4 is 88.7 Å². The van der Waals surface area contributed by atoms with Gasteiger partial charge in [0.1, 0.15) is 10.7 Å². The molecular formula is C48H47ClF4N5Na2O10PS3. The molecule has 6 aromatic rings. The second-order valence-corrected chi connectivity index (χ2v) is 23.2. The van der Waals surface area contributed by atoms with E-state index < -0.39 is 73.1 Å². The van der Waals surface area contributed by atoms with Gasteiger partial charge < -0.3 is 43.7 Å². The van der Waals surface area contributed by atoms with E-state index in [9.17, 15) is 54.3 Å². The zero-order chi connectivity index (χ0) is 52.3. The number of aromatic carboxylic acids is 1. The third-order valence-electron chi connectivity index (χ3n) is 11.7. The Labute approximate surface area is 479 Å². The van der Waals surface area contributed by atoms with Crippen molar-refractivity contribution in [1.82, 2.24) is 4.57 Å². The number of aromatic nitrogens is 1. The van der Waals surface area contributed by atoms with Crippen LogP contribution in [0.1, 0.15) is 42.4 Å². The number of halogens is 5. The SMILES string of the molecule is Cc1c(C(=O)O)c(-c2cc(F)cc(N3CCN(c4ccc(NS(=O)(=O)c5ccc(N[C@H](CCOP(=O)([O-])[O-])CSc6ccccc6)c(S(=O)(=O)C(F)(F)F)c5)cc4)CC3)c2)c(-c2ccc(Cl)cc2)n1C(C)C.[Na+].[Na+]. The summed E-state index contributed by atoms with van der Waals surface area (Å²) in [5.41, 5.74) is -2.67. The molecule has 1 fully saturated rings. The zero-order valence-electron chi connectivity index (χ0n) is 40.6. The maximum absolute atomic E-state index is 15.6. The molecule has 1 aliphatic heterocycles. The van der Waals surface area contributed by atoms with Crippen LogP contribution in [0, 0.1) is 12.7 Å². The number of sulfone groups is 1. The van der Waals surface area contributed by atoms with E-state index in [1.165, 1.54) is 36.0 Å². The summed E-state index contributed by atoms with van der Waals surface area (Å²) < 4.78 is 131. The molecule has 0 bridgehead atoms. The van der Waals surface area contributed by atoms with Crippen molar-refractivity contribution in [3.8, 4) is 22.4 Å². The van der Waals surface area contributed by atoms with E-state index in [-0.39, 0.29) is 88.6 Å². The van der Waals surface area contributed by atoms with Crippen LogP contribution in [0.4, 0.5) is 40.3 Å². The van der Waals surface area contributed by atoms with Gasteiger partial charge in [-0.1, -0.05) is 41.9 Å². The molecule has 1 saturated heterocycles. The van der Waals surface area contributed by atoms with Crippen LogP contribution in [0.3, 0.4) is 0 Å². The number of sulfonamides is 1. The Bertz CT molecular complexity index is 3220. The van der Waals surface area contributed by atoms with Crippen molar-refractivity contribution in [2.45, 2.75) is 59.5 Å². The van der Waals surface area contributed by atoms with E-state index in [1.54, 1.807) is 79.7 Å². The largest absolute Gasteiger partial charge is 1.00 e. The minimum absolute atomic E-state index is 0. The smallest absolute Gasteiger partial charge is 0.790 e. The van der Waals surface area contributed by atoms with Crippen molar-refractivity contribution in [2.75, 3.05) is 58.4 Å². The number of carboxylic acid groups (broad SMARTS) is 1. The molecule has 0 amide bonds. The van der Waals surface area contributed by atoms with E-state index in [4.69, 9.17) is 11.6 Å². The van der Waals surface area contributed by atoms with Gasteiger partial charge in [0.05, 0.1) is 36.3 Å². The summed E-state index contributed by atoms with van der Waals surface area (Å²) in [5, 5.41) is 13.6. The van der Waals surface area contributed by atoms with Crippen molar-refractivity contribution in [3.63, 3.8) is 0 Å². The van der Waals surface area contributed by atoms with Crippen molar-refractivity contribution in [3.05, 3.63) is 137 Å². The number of alkyl halides is 3. The molecule has 7 rings (SSSR count). The van der Waals surface area contributed by atoms with Gasteiger partial charge in [-0.3, -0.25) is 4.72 Å². The molecule has 0 saturated carbocycles. The number of hydrogen-bond donors (Lipinski definition) is 3. The fourth-order valence-electron chi connectivity index (χ4n) is 8.44. The van der Waals surface area contributed by atoms with Gasteiger partial charge in [0.25, 0.3) is 19.9 Å². The summed E-state index contributed by atoms with van der Waals surface area (Å²) in [6.45, 7) is 6.61. The Balaban J connectivity index is 0.00000507. The second kappa shape index (κ2) is 25.3. The molecule has 1 aliphatic rings. The Hall–Kier alpha value is -3.58. The maximum atomic E-state index is 15.6. The maximum Gasteiger partial charge on any atom is 1.00 e. The molecular weight excluding hydrogens is 1090 g/mol. The minimum atomic E-state index is -6.19. The molecule has 26 heteroatoms. The average molecular weight is 1140 g/mol. The predicted octanol–water partition coefficient (Wildman–Crippen LogP) is 3.44. The number of anilines is 4. The minimum Gasteiger partial charge on any atom is -0.790 e. The van der Waals surface area contributed by atoms with Crippen molar-refractivity contribution in [2.24, 2.45) is 0 Å². The molecule has 5 aromatic carbocycles. The number of thioether (sulfide) groups is 1. The molecule has 384 valence electrons. The number of hydrogen-bond acceptors (Lipinski definition) is 13. The van der Waals surface area contributed by atoms with Gasteiger partial charge in [0.15, 0.2) is 0 Å². The molecule has 74 heavy (non-hydrogen) atoms. The molecule has 0 spiro atoms. The molecule has 1 aromatic heterocycles. The first-order chi connectivity index (χ1) is 33.8. The summed E-state index contributed by atoms with van der Waals surface area (Å²) in [6.07, 6.45) is -0.279. The summed E-state index contributed by atoms with van der Waals surface area (Å²) in [4.78, 5) is 37.5. The number of phosphoric ester groups is 1. The van der Waals surface area contributed by atoms with Gasteiger partial charge in [0, 0.05) is 82.3 Å². The summed E-state index contributed by atoms with van der Waals surface area (Å²) in [6, 6.07) is 27.2. The van der Waals surface area contributed by atoms with E-state index >= 15 is 4.39 Å². The van der Waals surface area contributed by atoms with Crippen molar-refractivity contribution in [1.29, 1.82) is 0 Å². The van der Waals surface area contributed by atoms with Crippen LogP contribution in [0.5, 0.6) is 0 Å². The van der Waals surface area contributed by atoms with Gasteiger partial charge in [-0.2, -0.15) is 13.2 Å². The Morgan fingerprint density at radius 3 is 2.03 bits per heavy atom. The van der Waals surface area contributed by atoms with Gasteiger partial charge in [0.2, 0.25) is 0 Å².